The molecule has 16 heavy (non-hydrogen) atoms. The Hall–Kier alpha value is -0.260. The fourth-order valence-electron chi connectivity index (χ4n) is 2.34. The zero-order valence-corrected chi connectivity index (χ0v) is 11.6. The number of hydrogen-bond acceptors (Lipinski definition) is 0. The Kier molecular flexibility index (Phi) is 12.6. The summed E-state index contributed by atoms with van der Waals surface area (Å²) in [6.45, 7) is 8.46. The van der Waals surface area contributed by atoms with Gasteiger partial charge in [0.2, 0.25) is 0 Å². The van der Waals surface area contributed by atoms with Gasteiger partial charge in [0.05, 0.1) is 0 Å². The van der Waals surface area contributed by atoms with Gasteiger partial charge in [-0.05, 0) is 12.3 Å². The maximum Gasteiger partial charge on any atom is -0.0325 e. The molecule has 0 heterocycles. The fourth-order valence-corrected chi connectivity index (χ4v) is 2.34. The van der Waals surface area contributed by atoms with Crippen molar-refractivity contribution in [2.75, 3.05) is 0 Å². The first-order chi connectivity index (χ1) is 7.85. The van der Waals surface area contributed by atoms with Crippen molar-refractivity contribution in [3.8, 4) is 0 Å². The molecule has 0 rings (SSSR count). The summed E-state index contributed by atoms with van der Waals surface area (Å²) in [5, 5.41) is 0. The lowest BCUT2D eigenvalue weighted by atomic mass is 9.92. The molecule has 0 amide bonds. The Bertz CT molecular complexity index is 125. The van der Waals surface area contributed by atoms with Crippen LogP contribution in [0.25, 0.3) is 0 Å². The van der Waals surface area contributed by atoms with E-state index in [1.165, 1.54) is 70.6 Å². The van der Waals surface area contributed by atoms with E-state index < -0.39 is 0 Å². The van der Waals surface area contributed by atoms with Crippen molar-refractivity contribution in [2.24, 2.45) is 5.92 Å². The van der Waals surface area contributed by atoms with Crippen molar-refractivity contribution < 1.29 is 0 Å². The van der Waals surface area contributed by atoms with Gasteiger partial charge < -0.3 is 0 Å². The van der Waals surface area contributed by atoms with E-state index in [1.54, 1.807) is 0 Å². The average Bonchev–Trinajstić information content (AvgIpc) is 2.30. The van der Waals surface area contributed by atoms with E-state index in [-0.39, 0.29) is 0 Å². The lowest BCUT2D eigenvalue weighted by molar-refractivity contribution is 0.409. The molecule has 0 bridgehead atoms. The van der Waals surface area contributed by atoms with Crippen molar-refractivity contribution in [1.29, 1.82) is 0 Å². The van der Waals surface area contributed by atoms with E-state index in [1.807, 2.05) is 0 Å². The van der Waals surface area contributed by atoms with Crippen LogP contribution in [-0.4, -0.2) is 0 Å². The van der Waals surface area contributed by atoms with Crippen LogP contribution in [-0.2, 0) is 0 Å². The van der Waals surface area contributed by atoms with Crippen LogP contribution in [0, 0.1) is 5.92 Å². The zero-order chi connectivity index (χ0) is 12.1. The van der Waals surface area contributed by atoms with Crippen LogP contribution in [0.2, 0.25) is 0 Å². The van der Waals surface area contributed by atoms with Gasteiger partial charge in [0.25, 0.3) is 0 Å². The van der Waals surface area contributed by atoms with E-state index in [0.29, 0.717) is 0 Å². The smallest absolute Gasteiger partial charge is 0.0325 e. The molecule has 0 fully saturated rings. The third-order valence-corrected chi connectivity index (χ3v) is 3.43. The van der Waals surface area contributed by atoms with Crippen LogP contribution >= 0.6 is 0 Å². The monoisotopic (exact) mass is 224 g/mol. The molecule has 0 aliphatic carbocycles. The third-order valence-electron chi connectivity index (χ3n) is 3.43. The minimum absolute atomic E-state index is 0.922. The first-order valence-corrected chi connectivity index (χ1v) is 7.46. The molecule has 0 saturated carbocycles. The normalized spacial score (nSPS) is 10.9. The molecular weight excluding hydrogens is 192 g/mol. The van der Waals surface area contributed by atoms with Crippen molar-refractivity contribution in [3.63, 3.8) is 0 Å². The van der Waals surface area contributed by atoms with Gasteiger partial charge in [0, 0.05) is 0 Å². The highest BCUT2D eigenvalue weighted by molar-refractivity contribution is 4.73. The first kappa shape index (κ1) is 15.7. The molecule has 0 aliphatic heterocycles. The third kappa shape index (κ3) is 10.3. The van der Waals surface area contributed by atoms with Gasteiger partial charge in [0.1, 0.15) is 0 Å². The van der Waals surface area contributed by atoms with E-state index >= 15 is 0 Å². The molecule has 0 spiro atoms. The van der Waals surface area contributed by atoms with Crippen LogP contribution in [0.5, 0.6) is 0 Å². The topological polar surface area (TPSA) is 0 Å². The predicted octanol–water partition coefficient (Wildman–Crippen LogP) is 6.12. The second-order valence-corrected chi connectivity index (χ2v) is 5.09. The lowest BCUT2D eigenvalue weighted by Crippen LogP contribution is -1.99. The van der Waals surface area contributed by atoms with Crippen LogP contribution in [0.15, 0.2) is 12.7 Å². The van der Waals surface area contributed by atoms with E-state index in [9.17, 15) is 0 Å². The predicted molar refractivity (Wildman–Crippen MR) is 75.8 cm³/mol. The van der Waals surface area contributed by atoms with Gasteiger partial charge in [-0.15, -0.1) is 6.58 Å². The molecular formula is C16H32. The molecule has 0 heteroatoms. The van der Waals surface area contributed by atoms with Gasteiger partial charge in [-0.3, -0.25) is 0 Å². The SMILES string of the molecule is C=CCC(CCCCCC)CCCCCC. The van der Waals surface area contributed by atoms with Gasteiger partial charge >= 0.3 is 0 Å². The maximum atomic E-state index is 3.89. The van der Waals surface area contributed by atoms with Crippen LogP contribution in [0.4, 0.5) is 0 Å². The number of rotatable bonds is 12. The van der Waals surface area contributed by atoms with Gasteiger partial charge in [-0.2, -0.15) is 0 Å². The summed E-state index contributed by atoms with van der Waals surface area (Å²) in [6.07, 6.45) is 17.5. The Morgan fingerprint density at radius 3 is 1.69 bits per heavy atom. The molecule has 0 aliphatic rings. The van der Waals surface area contributed by atoms with Crippen LogP contribution in [0.3, 0.4) is 0 Å². The molecule has 0 aromatic rings. The Morgan fingerprint density at radius 2 is 1.31 bits per heavy atom. The van der Waals surface area contributed by atoms with Gasteiger partial charge in [0.15, 0.2) is 0 Å². The van der Waals surface area contributed by atoms with Crippen molar-refractivity contribution in [3.05, 3.63) is 12.7 Å². The number of unbranched alkanes of at least 4 members (excludes halogenated alkanes) is 6. The Morgan fingerprint density at radius 1 is 0.812 bits per heavy atom. The highest BCUT2D eigenvalue weighted by Gasteiger charge is 2.06. The second-order valence-electron chi connectivity index (χ2n) is 5.09. The summed E-state index contributed by atoms with van der Waals surface area (Å²) in [4.78, 5) is 0. The highest BCUT2D eigenvalue weighted by atomic mass is 14.1. The standard InChI is InChI=1S/C16H32/c1-4-7-9-11-14-16(13-6-3)15-12-10-8-5-2/h6,16H,3-5,7-15H2,1-2H3. The summed E-state index contributed by atoms with van der Waals surface area (Å²) >= 11 is 0. The molecule has 0 radical (unpaired) electrons. The first-order valence-electron chi connectivity index (χ1n) is 7.46. The minimum Gasteiger partial charge on any atom is -0.103 e. The van der Waals surface area contributed by atoms with Gasteiger partial charge in [-0.25, -0.2) is 0 Å². The number of hydrogen-bond donors (Lipinski definition) is 0. The summed E-state index contributed by atoms with van der Waals surface area (Å²) in [5.74, 6) is 0.922. The maximum absolute atomic E-state index is 3.89. The molecule has 0 N–H and O–H groups in total. The fraction of sp³-hybridized carbons (Fsp3) is 0.875. The summed E-state index contributed by atoms with van der Waals surface area (Å²) < 4.78 is 0. The molecule has 0 nitrogen and oxygen atoms in total. The Labute approximate surface area is 104 Å². The largest absolute Gasteiger partial charge is 0.103 e. The zero-order valence-electron chi connectivity index (χ0n) is 11.6. The lowest BCUT2D eigenvalue weighted by Gasteiger charge is -2.14. The quantitative estimate of drug-likeness (QED) is 0.277. The molecule has 0 saturated heterocycles. The van der Waals surface area contributed by atoms with Crippen LogP contribution in [0.1, 0.15) is 84.5 Å². The summed E-state index contributed by atoms with van der Waals surface area (Å²) in [5.41, 5.74) is 0. The Balaban J connectivity index is 3.49. The second kappa shape index (κ2) is 12.8. The highest BCUT2D eigenvalue weighted by Crippen LogP contribution is 2.21. The van der Waals surface area contributed by atoms with E-state index in [2.05, 4.69) is 26.5 Å². The van der Waals surface area contributed by atoms with Crippen molar-refractivity contribution >= 4 is 0 Å². The molecule has 0 atom stereocenters. The average molecular weight is 224 g/mol. The minimum atomic E-state index is 0.922. The van der Waals surface area contributed by atoms with E-state index in [0.717, 1.165) is 5.92 Å². The molecule has 0 aromatic heterocycles. The molecule has 0 aromatic carbocycles. The summed E-state index contributed by atoms with van der Waals surface area (Å²) in [7, 11) is 0. The van der Waals surface area contributed by atoms with Crippen LogP contribution < -0.4 is 0 Å². The summed E-state index contributed by atoms with van der Waals surface area (Å²) in [6, 6.07) is 0. The molecule has 96 valence electrons. The van der Waals surface area contributed by atoms with Crippen molar-refractivity contribution in [1.82, 2.24) is 0 Å². The molecule has 0 unspecified atom stereocenters. The van der Waals surface area contributed by atoms with Crippen molar-refractivity contribution in [2.45, 2.75) is 84.5 Å². The van der Waals surface area contributed by atoms with E-state index in [4.69, 9.17) is 0 Å². The number of allylic oxidation sites excluding steroid dienone is 1. The van der Waals surface area contributed by atoms with Gasteiger partial charge in [-0.1, -0.05) is 84.1 Å².